The molecule has 0 aliphatic rings. The van der Waals surface area contributed by atoms with E-state index in [4.69, 9.17) is 9.47 Å². The molecule has 1 N–H and O–H groups in total. The van der Waals surface area contributed by atoms with E-state index in [1.807, 2.05) is 61.5 Å². The molecule has 0 aromatic heterocycles. The van der Waals surface area contributed by atoms with Crippen molar-refractivity contribution < 1.29 is 22.7 Å². The first-order chi connectivity index (χ1) is 17.2. The van der Waals surface area contributed by atoms with E-state index in [1.165, 1.54) is 38.6 Å². The number of anilines is 1. The molecule has 3 aromatic rings. The second-order valence-corrected chi connectivity index (χ2v) is 9.99. The molecule has 0 aliphatic carbocycles. The number of nitrogens with zero attached hydrogens (tertiary/aromatic N) is 3. The number of rotatable bonds is 11. The first-order valence-corrected chi connectivity index (χ1v) is 12.5. The Morgan fingerprint density at radius 1 is 0.944 bits per heavy atom. The molecule has 3 aromatic carbocycles. The van der Waals surface area contributed by atoms with Crippen molar-refractivity contribution in [1.29, 1.82) is 0 Å². The average Bonchev–Trinajstić information content (AvgIpc) is 2.88. The predicted molar refractivity (Wildman–Crippen MR) is 140 cm³/mol. The van der Waals surface area contributed by atoms with Crippen molar-refractivity contribution in [2.75, 3.05) is 39.8 Å². The highest BCUT2D eigenvalue weighted by molar-refractivity contribution is 7.89. The van der Waals surface area contributed by atoms with Gasteiger partial charge in [0.2, 0.25) is 10.0 Å². The zero-order valence-corrected chi connectivity index (χ0v) is 21.5. The van der Waals surface area contributed by atoms with Gasteiger partial charge >= 0.3 is 0 Å². The predicted octanol–water partition coefficient (Wildman–Crippen LogP) is 3.11. The van der Waals surface area contributed by atoms with Crippen molar-refractivity contribution in [3.8, 4) is 11.5 Å². The van der Waals surface area contributed by atoms with Gasteiger partial charge in [-0.3, -0.25) is 4.79 Å². The number of nitrogens with one attached hydrogen (secondary N) is 1. The summed E-state index contributed by atoms with van der Waals surface area (Å²) in [6, 6.07) is 21.0. The summed E-state index contributed by atoms with van der Waals surface area (Å²) < 4.78 is 38.6. The summed E-state index contributed by atoms with van der Waals surface area (Å²) in [5.74, 6) is 0.0977. The Bertz CT molecular complexity index is 1290. The van der Waals surface area contributed by atoms with Gasteiger partial charge in [0.25, 0.3) is 5.91 Å². The van der Waals surface area contributed by atoms with Gasteiger partial charge in [-0.2, -0.15) is 9.41 Å². The highest BCUT2D eigenvalue weighted by Gasteiger charge is 2.28. The summed E-state index contributed by atoms with van der Waals surface area (Å²) >= 11 is 0. The Hall–Kier alpha value is -3.89. The molecule has 0 atom stereocenters. The van der Waals surface area contributed by atoms with E-state index in [0.717, 1.165) is 21.1 Å². The van der Waals surface area contributed by atoms with Crippen molar-refractivity contribution in [2.24, 2.45) is 5.10 Å². The highest BCUT2D eigenvalue weighted by atomic mass is 32.2. The summed E-state index contributed by atoms with van der Waals surface area (Å²) in [4.78, 5) is 14.7. The number of sulfonamides is 1. The fourth-order valence-electron chi connectivity index (χ4n) is 3.37. The Labute approximate surface area is 212 Å². The lowest BCUT2D eigenvalue weighted by Crippen LogP contribution is -2.39. The standard InChI is InChI=1S/C26H30N4O5S/c1-29(2)22-12-10-20(11-13-22)17-27-28-26(31)19-30(18-21-8-6-5-7-9-21)36(32,33)23-14-15-24(34-3)25(16-23)35-4/h5-17H,18-19H2,1-4H3,(H,28,31)/b27-17-. The van der Waals surface area contributed by atoms with E-state index >= 15 is 0 Å². The summed E-state index contributed by atoms with van der Waals surface area (Å²) in [6.07, 6.45) is 1.50. The molecule has 0 heterocycles. The number of amides is 1. The third-order valence-electron chi connectivity index (χ3n) is 5.33. The molecule has 9 nitrogen and oxygen atoms in total. The molecular formula is C26H30N4O5S. The number of methoxy groups -OCH3 is 2. The fraction of sp³-hybridized carbons (Fsp3) is 0.231. The fourth-order valence-corrected chi connectivity index (χ4v) is 4.77. The van der Waals surface area contributed by atoms with E-state index in [9.17, 15) is 13.2 Å². The van der Waals surface area contributed by atoms with Crippen LogP contribution in [0.2, 0.25) is 0 Å². The lowest BCUT2D eigenvalue weighted by molar-refractivity contribution is -0.121. The number of carbonyl (C=O) groups excluding carboxylic acids is 1. The van der Waals surface area contributed by atoms with Crippen LogP contribution in [0.25, 0.3) is 0 Å². The second kappa shape index (κ2) is 12.2. The molecule has 36 heavy (non-hydrogen) atoms. The second-order valence-electron chi connectivity index (χ2n) is 8.05. The first kappa shape index (κ1) is 26.7. The summed E-state index contributed by atoms with van der Waals surface area (Å²) in [5.41, 5.74) is 4.98. The maximum absolute atomic E-state index is 13.5. The Morgan fingerprint density at radius 2 is 1.61 bits per heavy atom. The van der Waals surface area contributed by atoms with E-state index in [0.29, 0.717) is 5.75 Å². The molecule has 0 unspecified atom stereocenters. The van der Waals surface area contributed by atoms with E-state index in [1.54, 1.807) is 12.1 Å². The van der Waals surface area contributed by atoms with Crippen LogP contribution in [0.1, 0.15) is 11.1 Å². The van der Waals surface area contributed by atoms with Gasteiger partial charge in [0, 0.05) is 32.4 Å². The third-order valence-corrected chi connectivity index (χ3v) is 7.11. The third kappa shape index (κ3) is 6.83. The van der Waals surface area contributed by atoms with Gasteiger partial charge in [-0.25, -0.2) is 13.8 Å². The molecule has 0 saturated carbocycles. The van der Waals surface area contributed by atoms with Gasteiger partial charge < -0.3 is 14.4 Å². The van der Waals surface area contributed by atoms with Crippen LogP contribution in [0.3, 0.4) is 0 Å². The molecule has 190 valence electrons. The lowest BCUT2D eigenvalue weighted by Gasteiger charge is -2.22. The smallest absolute Gasteiger partial charge is 0.255 e. The van der Waals surface area contributed by atoms with Crippen molar-refractivity contribution in [2.45, 2.75) is 11.4 Å². The molecule has 0 aliphatic heterocycles. The zero-order chi connectivity index (χ0) is 26.1. The van der Waals surface area contributed by atoms with Gasteiger partial charge in [-0.1, -0.05) is 42.5 Å². The number of hydrogen-bond acceptors (Lipinski definition) is 7. The van der Waals surface area contributed by atoms with Crippen molar-refractivity contribution in [1.82, 2.24) is 9.73 Å². The van der Waals surface area contributed by atoms with Crippen molar-refractivity contribution >= 4 is 27.8 Å². The minimum atomic E-state index is -4.06. The molecule has 10 heteroatoms. The van der Waals surface area contributed by atoms with Crippen LogP contribution in [-0.4, -0.2) is 59.7 Å². The van der Waals surface area contributed by atoms with Crippen molar-refractivity contribution in [3.63, 3.8) is 0 Å². The normalized spacial score (nSPS) is 11.5. The van der Waals surface area contributed by atoms with Crippen molar-refractivity contribution in [3.05, 3.63) is 83.9 Å². The van der Waals surface area contributed by atoms with Crippen LogP contribution in [-0.2, 0) is 21.4 Å². The summed E-state index contributed by atoms with van der Waals surface area (Å²) in [7, 11) is 2.72. The van der Waals surface area contributed by atoms with Gasteiger partial charge in [0.1, 0.15) is 0 Å². The average molecular weight is 511 g/mol. The number of hydrazone groups is 1. The minimum Gasteiger partial charge on any atom is -0.493 e. The maximum Gasteiger partial charge on any atom is 0.255 e. The molecule has 0 bridgehead atoms. The molecule has 0 spiro atoms. The number of ether oxygens (including phenoxy) is 2. The topological polar surface area (TPSA) is 101 Å². The monoisotopic (exact) mass is 510 g/mol. The largest absolute Gasteiger partial charge is 0.493 e. The molecule has 0 fully saturated rings. The van der Waals surface area contributed by atoms with Crippen LogP contribution in [0, 0.1) is 0 Å². The van der Waals surface area contributed by atoms with Gasteiger partial charge in [-0.15, -0.1) is 0 Å². The van der Waals surface area contributed by atoms with Crippen LogP contribution in [0.5, 0.6) is 11.5 Å². The SMILES string of the molecule is COc1ccc(S(=O)(=O)N(CC(=O)N/N=C\c2ccc(N(C)C)cc2)Cc2ccccc2)cc1OC. The van der Waals surface area contributed by atoms with Crippen LogP contribution in [0.4, 0.5) is 5.69 Å². The Morgan fingerprint density at radius 3 is 2.22 bits per heavy atom. The molecular weight excluding hydrogens is 480 g/mol. The molecule has 0 radical (unpaired) electrons. The molecule has 3 rings (SSSR count). The summed E-state index contributed by atoms with van der Waals surface area (Å²) in [6.45, 7) is -0.427. The zero-order valence-electron chi connectivity index (χ0n) is 20.7. The quantitative estimate of drug-likeness (QED) is 0.314. The maximum atomic E-state index is 13.5. The first-order valence-electron chi connectivity index (χ1n) is 11.1. The van der Waals surface area contributed by atoms with Crippen LogP contribution >= 0.6 is 0 Å². The number of benzene rings is 3. The lowest BCUT2D eigenvalue weighted by atomic mass is 10.2. The van der Waals surface area contributed by atoms with Crippen LogP contribution < -0.4 is 19.8 Å². The van der Waals surface area contributed by atoms with Gasteiger partial charge in [0.05, 0.1) is 31.9 Å². The molecule has 1 amide bonds. The highest BCUT2D eigenvalue weighted by Crippen LogP contribution is 2.31. The molecule has 0 saturated heterocycles. The Kier molecular flexibility index (Phi) is 9.04. The van der Waals surface area contributed by atoms with E-state index in [-0.39, 0.29) is 17.2 Å². The van der Waals surface area contributed by atoms with Gasteiger partial charge in [0.15, 0.2) is 11.5 Å². The van der Waals surface area contributed by atoms with Gasteiger partial charge in [-0.05, 0) is 35.4 Å². The minimum absolute atomic E-state index is 0.000645. The Balaban J connectivity index is 1.79. The van der Waals surface area contributed by atoms with E-state index in [2.05, 4.69) is 10.5 Å². The number of hydrogen-bond donors (Lipinski definition) is 1. The van der Waals surface area contributed by atoms with Crippen LogP contribution in [0.15, 0.2) is 82.8 Å². The number of carbonyl (C=O) groups is 1. The van der Waals surface area contributed by atoms with E-state index < -0.39 is 22.5 Å². The summed E-state index contributed by atoms with van der Waals surface area (Å²) in [5, 5.41) is 3.98.